The van der Waals surface area contributed by atoms with Gasteiger partial charge in [-0.25, -0.2) is 15.0 Å². The van der Waals surface area contributed by atoms with Gasteiger partial charge in [0.1, 0.15) is 11.8 Å². The van der Waals surface area contributed by atoms with E-state index in [-0.39, 0.29) is 17.0 Å². The molecule has 0 saturated carbocycles. The van der Waals surface area contributed by atoms with Crippen molar-refractivity contribution in [2.24, 2.45) is 0 Å². The number of halogens is 3. The second kappa shape index (κ2) is 2.82. The number of rotatable bonds is 1. The molecule has 0 atom stereocenters. The Morgan fingerprint density at radius 3 is 2.71 bits per heavy atom. The average molecular weight is 203 g/mol. The number of fused-ring (bicyclic) bond motifs is 1. The summed E-state index contributed by atoms with van der Waals surface area (Å²) in [7, 11) is 0. The van der Waals surface area contributed by atoms with Gasteiger partial charge in [0.15, 0.2) is 11.5 Å². The summed E-state index contributed by atoms with van der Waals surface area (Å²) in [4.78, 5) is 13.3. The van der Waals surface area contributed by atoms with E-state index in [1.54, 1.807) is 0 Å². The lowest BCUT2D eigenvalue weighted by Gasteiger charge is -2.08. The maximum Gasteiger partial charge on any atom is 0.483 e. The summed E-state index contributed by atoms with van der Waals surface area (Å²) in [6, 6.07) is 0. The van der Waals surface area contributed by atoms with Crippen LogP contribution in [0, 0.1) is 0 Å². The number of hydrogen-bond acceptors (Lipinski definition) is 4. The van der Waals surface area contributed by atoms with E-state index < -0.39 is 6.30 Å². The Hall–Kier alpha value is -1.86. The number of hydrogen-bond donors (Lipinski definition) is 2. The summed E-state index contributed by atoms with van der Waals surface area (Å²) in [5.74, 6) is -0.333. The molecule has 2 heterocycles. The van der Waals surface area contributed by atoms with Gasteiger partial charge >= 0.3 is 6.30 Å². The second-order valence-electron chi connectivity index (χ2n) is 2.45. The highest BCUT2D eigenvalue weighted by Gasteiger charge is 2.28. The molecule has 0 aliphatic carbocycles. The van der Waals surface area contributed by atoms with Crippen molar-refractivity contribution in [2.45, 2.75) is 6.30 Å². The van der Waals surface area contributed by atoms with Crippen LogP contribution in [0.1, 0.15) is 0 Å². The molecule has 2 rings (SSSR count). The standard InChI is InChI=1S/C6H4F3N5/c7-6(8,9)14-5-3-4(11-1-10-3)12-2-13-5/h1-2H,(H2,10,11,12,13,14). The topological polar surface area (TPSA) is 66.5 Å². The third-order valence-electron chi connectivity index (χ3n) is 1.48. The van der Waals surface area contributed by atoms with Crippen molar-refractivity contribution in [1.29, 1.82) is 0 Å². The van der Waals surface area contributed by atoms with E-state index in [4.69, 9.17) is 0 Å². The first-order valence-electron chi connectivity index (χ1n) is 3.55. The molecule has 74 valence electrons. The Bertz CT molecular complexity index is 448. The molecule has 0 amide bonds. The van der Waals surface area contributed by atoms with Crippen LogP contribution in [0.4, 0.5) is 19.0 Å². The summed E-state index contributed by atoms with van der Waals surface area (Å²) < 4.78 is 35.9. The number of aromatic amines is 1. The van der Waals surface area contributed by atoms with Crippen molar-refractivity contribution in [1.82, 2.24) is 19.9 Å². The number of H-pyrrole nitrogens is 1. The van der Waals surface area contributed by atoms with Gasteiger partial charge in [-0.3, -0.25) is 5.32 Å². The highest BCUT2D eigenvalue weighted by Crippen LogP contribution is 2.21. The minimum Gasteiger partial charge on any atom is -0.340 e. The fourth-order valence-corrected chi connectivity index (χ4v) is 0.994. The molecule has 0 aromatic carbocycles. The SMILES string of the molecule is FC(F)(F)Nc1ncnc2nc[nH]c12. The number of alkyl halides is 3. The minimum absolute atomic E-state index is 0.129. The molecule has 2 aromatic rings. The number of anilines is 1. The van der Waals surface area contributed by atoms with Crippen LogP contribution in [0.25, 0.3) is 11.2 Å². The smallest absolute Gasteiger partial charge is 0.340 e. The van der Waals surface area contributed by atoms with Gasteiger partial charge in [-0.1, -0.05) is 0 Å². The van der Waals surface area contributed by atoms with Gasteiger partial charge in [-0.2, -0.15) is 13.2 Å². The maximum atomic E-state index is 12.0. The number of nitrogens with one attached hydrogen (secondary N) is 2. The first kappa shape index (κ1) is 8.73. The summed E-state index contributed by atoms with van der Waals surface area (Å²) in [6.45, 7) is 0. The molecule has 0 bridgehead atoms. The lowest BCUT2D eigenvalue weighted by molar-refractivity contribution is -0.100. The van der Waals surface area contributed by atoms with Crippen LogP contribution in [0.3, 0.4) is 0 Å². The van der Waals surface area contributed by atoms with E-state index in [1.165, 1.54) is 11.6 Å². The Morgan fingerprint density at radius 1 is 1.21 bits per heavy atom. The molecule has 0 unspecified atom stereocenters. The highest BCUT2D eigenvalue weighted by molar-refractivity contribution is 5.81. The van der Waals surface area contributed by atoms with Crippen molar-refractivity contribution in [3.63, 3.8) is 0 Å². The Balaban J connectivity index is 2.46. The largest absolute Gasteiger partial charge is 0.483 e. The Morgan fingerprint density at radius 2 is 2.00 bits per heavy atom. The van der Waals surface area contributed by atoms with E-state index in [1.807, 2.05) is 0 Å². The lowest BCUT2D eigenvalue weighted by atomic mass is 10.5. The fraction of sp³-hybridized carbons (Fsp3) is 0.167. The quantitative estimate of drug-likeness (QED) is 0.685. The van der Waals surface area contributed by atoms with Crippen molar-refractivity contribution < 1.29 is 13.2 Å². The van der Waals surface area contributed by atoms with Gasteiger partial charge in [0.2, 0.25) is 0 Å². The zero-order valence-corrected chi connectivity index (χ0v) is 6.63. The summed E-state index contributed by atoms with van der Waals surface area (Å²) >= 11 is 0. The molecule has 0 fully saturated rings. The third kappa shape index (κ3) is 1.58. The average Bonchev–Trinajstić information content (AvgIpc) is 2.49. The highest BCUT2D eigenvalue weighted by atomic mass is 19.4. The van der Waals surface area contributed by atoms with Crippen LogP contribution in [0.15, 0.2) is 12.7 Å². The van der Waals surface area contributed by atoms with Gasteiger partial charge < -0.3 is 4.98 Å². The summed E-state index contributed by atoms with van der Waals surface area (Å²) in [5.41, 5.74) is 0.316. The molecular formula is C6H4F3N5. The molecule has 0 saturated heterocycles. The summed E-state index contributed by atoms with van der Waals surface area (Å²) in [6.07, 6.45) is -2.26. The second-order valence-corrected chi connectivity index (χ2v) is 2.45. The molecule has 2 aromatic heterocycles. The normalized spacial score (nSPS) is 11.9. The molecule has 8 heteroatoms. The van der Waals surface area contributed by atoms with E-state index in [0.717, 1.165) is 6.33 Å². The van der Waals surface area contributed by atoms with Crippen LogP contribution in [0.2, 0.25) is 0 Å². The van der Waals surface area contributed by atoms with Gasteiger partial charge in [0.25, 0.3) is 0 Å². The van der Waals surface area contributed by atoms with E-state index in [9.17, 15) is 13.2 Å². The maximum absolute atomic E-state index is 12.0. The van der Waals surface area contributed by atoms with Crippen LogP contribution in [-0.2, 0) is 0 Å². The molecule has 2 N–H and O–H groups in total. The van der Waals surface area contributed by atoms with Crippen LogP contribution in [-0.4, -0.2) is 26.2 Å². The number of imidazole rings is 1. The van der Waals surface area contributed by atoms with Crippen molar-refractivity contribution >= 4 is 17.0 Å². The van der Waals surface area contributed by atoms with Crippen molar-refractivity contribution in [3.8, 4) is 0 Å². The van der Waals surface area contributed by atoms with Gasteiger partial charge in [-0.15, -0.1) is 0 Å². The molecule has 0 aliphatic rings. The third-order valence-corrected chi connectivity index (χ3v) is 1.48. The monoisotopic (exact) mass is 203 g/mol. The van der Waals surface area contributed by atoms with Crippen LogP contribution in [0.5, 0.6) is 0 Å². The summed E-state index contributed by atoms with van der Waals surface area (Å²) in [5, 5.41) is 1.29. The van der Waals surface area contributed by atoms with Gasteiger partial charge in [0.05, 0.1) is 6.33 Å². The van der Waals surface area contributed by atoms with Crippen molar-refractivity contribution in [2.75, 3.05) is 5.32 Å². The minimum atomic E-state index is -4.52. The predicted molar refractivity (Wildman–Crippen MR) is 41.4 cm³/mol. The predicted octanol–water partition coefficient (Wildman–Crippen LogP) is 1.28. The van der Waals surface area contributed by atoms with E-state index in [2.05, 4.69) is 19.9 Å². The molecule has 0 aliphatic heterocycles. The van der Waals surface area contributed by atoms with Gasteiger partial charge in [-0.05, 0) is 0 Å². The zero-order chi connectivity index (χ0) is 10.2. The van der Waals surface area contributed by atoms with Crippen LogP contribution < -0.4 is 5.32 Å². The number of nitrogens with zero attached hydrogens (tertiary/aromatic N) is 3. The first-order valence-corrected chi connectivity index (χ1v) is 3.55. The molecule has 0 spiro atoms. The van der Waals surface area contributed by atoms with Gasteiger partial charge in [0, 0.05) is 0 Å². The molecule has 5 nitrogen and oxygen atoms in total. The van der Waals surface area contributed by atoms with Crippen molar-refractivity contribution in [3.05, 3.63) is 12.7 Å². The van der Waals surface area contributed by atoms with E-state index >= 15 is 0 Å². The fourth-order valence-electron chi connectivity index (χ4n) is 0.994. The Labute approximate surface area is 75.4 Å². The first-order chi connectivity index (χ1) is 6.56. The Kier molecular flexibility index (Phi) is 1.76. The molecule has 14 heavy (non-hydrogen) atoms. The van der Waals surface area contributed by atoms with Crippen LogP contribution >= 0.6 is 0 Å². The zero-order valence-electron chi connectivity index (χ0n) is 6.63. The molecule has 0 radical (unpaired) electrons. The lowest BCUT2D eigenvalue weighted by Crippen LogP contribution is -2.21. The molecular weight excluding hydrogens is 199 g/mol. The number of aromatic nitrogens is 4. The van der Waals surface area contributed by atoms with E-state index in [0.29, 0.717) is 0 Å².